The Morgan fingerprint density at radius 1 is 1.39 bits per heavy atom. The van der Waals surface area contributed by atoms with Crippen molar-refractivity contribution in [2.75, 3.05) is 0 Å². The fraction of sp³-hybridized carbons (Fsp3) is 0.357. The highest BCUT2D eigenvalue weighted by atomic mass is 19.1. The fourth-order valence-corrected chi connectivity index (χ4v) is 2.61. The maximum absolute atomic E-state index is 13.4. The molecular formula is C14H15FN2O. The van der Waals surface area contributed by atoms with Crippen molar-refractivity contribution in [2.24, 2.45) is 5.92 Å². The lowest BCUT2D eigenvalue weighted by atomic mass is 9.93. The zero-order chi connectivity index (χ0) is 12.9. The Labute approximate surface area is 105 Å². The number of nitrogens with zero attached hydrogens (tertiary/aromatic N) is 2. The smallest absolute Gasteiger partial charge is 0.123 e. The highest BCUT2D eigenvalue weighted by Gasteiger charge is 2.34. The third kappa shape index (κ3) is 1.49. The van der Waals surface area contributed by atoms with Gasteiger partial charge in [0.05, 0.1) is 30.4 Å². The van der Waals surface area contributed by atoms with Crippen LogP contribution in [0, 0.1) is 11.7 Å². The summed E-state index contributed by atoms with van der Waals surface area (Å²) in [4.78, 5) is 4.09. The second-order valence-electron chi connectivity index (χ2n) is 5.10. The Kier molecular flexibility index (Phi) is 2.48. The molecule has 0 bridgehead atoms. The molecule has 3 nitrogen and oxygen atoms in total. The number of aliphatic hydroxyl groups is 1. The number of aliphatic hydroxyl groups excluding tert-OH is 1. The number of benzene rings is 1. The van der Waals surface area contributed by atoms with Crippen molar-refractivity contribution in [2.45, 2.75) is 26.0 Å². The largest absolute Gasteiger partial charge is 0.390 e. The van der Waals surface area contributed by atoms with Gasteiger partial charge in [0.1, 0.15) is 5.82 Å². The van der Waals surface area contributed by atoms with Crippen LogP contribution >= 0.6 is 0 Å². The standard InChI is InChI=1S/C14H15FN2O/c1-8(2)14(18)13-10-4-3-9(15)5-11(10)12-6-16-7-17(12)13/h3-8,13-14,18H,1-2H3/t13-,14+/m1/s1. The van der Waals surface area contributed by atoms with E-state index in [1.165, 1.54) is 12.1 Å². The Balaban J connectivity index is 2.19. The summed E-state index contributed by atoms with van der Waals surface area (Å²) in [5.74, 6) is -0.137. The summed E-state index contributed by atoms with van der Waals surface area (Å²) in [6.45, 7) is 3.95. The van der Waals surface area contributed by atoms with Gasteiger partial charge in [0.25, 0.3) is 0 Å². The zero-order valence-corrected chi connectivity index (χ0v) is 10.3. The molecule has 0 saturated heterocycles. The lowest BCUT2D eigenvalue weighted by Crippen LogP contribution is -2.27. The Bertz CT molecular complexity index is 591. The van der Waals surface area contributed by atoms with Crippen molar-refractivity contribution in [1.82, 2.24) is 9.55 Å². The first-order valence-electron chi connectivity index (χ1n) is 6.09. The molecule has 0 aliphatic carbocycles. The van der Waals surface area contributed by atoms with Crippen molar-refractivity contribution < 1.29 is 9.50 Å². The summed E-state index contributed by atoms with van der Waals surface area (Å²) in [6, 6.07) is 4.54. The summed E-state index contributed by atoms with van der Waals surface area (Å²) in [6.07, 6.45) is 2.90. The summed E-state index contributed by atoms with van der Waals surface area (Å²) in [7, 11) is 0. The quantitative estimate of drug-likeness (QED) is 0.884. The van der Waals surface area contributed by atoms with Crippen LogP contribution in [0.1, 0.15) is 25.5 Å². The van der Waals surface area contributed by atoms with Crippen LogP contribution in [-0.2, 0) is 0 Å². The summed E-state index contributed by atoms with van der Waals surface area (Å²) < 4.78 is 15.3. The Hall–Kier alpha value is -1.68. The second kappa shape index (κ2) is 3.92. The number of rotatable bonds is 2. The summed E-state index contributed by atoms with van der Waals surface area (Å²) in [5, 5.41) is 10.4. The van der Waals surface area contributed by atoms with Crippen LogP contribution in [-0.4, -0.2) is 20.8 Å². The molecule has 2 atom stereocenters. The number of halogens is 1. The average Bonchev–Trinajstić information content (AvgIpc) is 2.88. The van der Waals surface area contributed by atoms with Gasteiger partial charge in [0.2, 0.25) is 0 Å². The van der Waals surface area contributed by atoms with E-state index >= 15 is 0 Å². The number of hydrogen-bond acceptors (Lipinski definition) is 2. The van der Waals surface area contributed by atoms with E-state index in [0.717, 1.165) is 16.8 Å². The normalized spacial score (nSPS) is 18.8. The average molecular weight is 246 g/mol. The summed E-state index contributed by atoms with van der Waals surface area (Å²) in [5.41, 5.74) is 2.67. The molecule has 1 aromatic carbocycles. The van der Waals surface area contributed by atoms with Gasteiger partial charge in [-0.2, -0.15) is 0 Å². The molecule has 2 aromatic rings. The number of aromatic nitrogens is 2. The van der Waals surface area contributed by atoms with E-state index in [1.54, 1.807) is 18.6 Å². The van der Waals surface area contributed by atoms with Crippen LogP contribution in [0.4, 0.5) is 4.39 Å². The Morgan fingerprint density at radius 2 is 2.17 bits per heavy atom. The first-order valence-corrected chi connectivity index (χ1v) is 6.09. The molecule has 0 saturated carbocycles. The predicted octanol–water partition coefficient (Wildman–Crippen LogP) is 2.61. The van der Waals surface area contributed by atoms with Gasteiger partial charge in [0, 0.05) is 5.56 Å². The predicted molar refractivity (Wildman–Crippen MR) is 66.6 cm³/mol. The van der Waals surface area contributed by atoms with Crippen LogP contribution in [0.15, 0.2) is 30.7 Å². The minimum atomic E-state index is -0.510. The van der Waals surface area contributed by atoms with Gasteiger partial charge in [0.15, 0.2) is 0 Å². The zero-order valence-electron chi connectivity index (χ0n) is 10.3. The maximum atomic E-state index is 13.4. The molecule has 4 heteroatoms. The molecule has 1 aliphatic rings. The number of fused-ring (bicyclic) bond motifs is 3. The highest BCUT2D eigenvalue weighted by Crippen LogP contribution is 2.42. The molecule has 0 unspecified atom stereocenters. The van der Waals surface area contributed by atoms with Crippen molar-refractivity contribution in [3.63, 3.8) is 0 Å². The van der Waals surface area contributed by atoms with Crippen molar-refractivity contribution in [1.29, 1.82) is 0 Å². The molecule has 94 valence electrons. The Morgan fingerprint density at radius 3 is 2.89 bits per heavy atom. The molecule has 1 N–H and O–H groups in total. The molecule has 0 amide bonds. The van der Waals surface area contributed by atoms with Crippen molar-refractivity contribution in [3.8, 4) is 11.3 Å². The fourth-order valence-electron chi connectivity index (χ4n) is 2.61. The second-order valence-corrected chi connectivity index (χ2v) is 5.10. The van der Waals surface area contributed by atoms with Crippen LogP contribution in [0.3, 0.4) is 0 Å². The van der Waals surface area contributed by atoms with Crippen LogP contribution in [0.2, 0.25) is 0 Å². The van der Waals surface area contributed by atoms with Gasteiger partial charge < -0.3 is 9.67 Å². The molecule has 0 radical (unpaired) electrons. The molecule has 18 heavy (non-hydrogen) atoms. The highest BCUT2D eigenvalue weighted by molar-refractivity contribution is 5.69. The molecule has 1 aliphatic heterocycles. The van der Waals surface area contributed by atoms with Crippen LogP contribution in [0.5, 0.6) is 0 Å². The molecule has 1 aromatic heterocycles. The van der Waals surface area contributed by atoms with E-state index in [1.807, 2.05) is 18.4 Å². The molecule has 2 heterocycles. The van der Waals surface area contributed by atoms with Gasteiger partial charge in [-0.1, -0.05) is 19.9 Å². The van der Waals surface area contributed by atoms with Gasteiger partial charge >= 0.3 is 0 Å². The van der Waals surface area contributed by atoms with E-state index in [-0.39, 0.29) is 17.8 Å². The van der Waals surface area contributed by atoms with E-state index in [4.69, 9.17) is 0 Å². The number of imidazole rings is 1. The van der Waals surface area contributed by atoms with Crippen molar-refractivity contribution in [3.05, 3.63) is 42.1 Å². The number of hydrogen-bond donors (Lipinski definition) is 1. The van der Waals surface area contributed by atoms with Gasteiger partial charge in [-0.15, -0.1) is 0 Å². The molecular weight excluding hydrogens is 231 g/mol. The first-order chi connectivity index (χ1) is 8.59. The SMILES string of the molecule is CC(C)[C@H](O)[C@H]1c2ccc(F)cc2-c2cncn21. The lowest BCUT2D eigenvalue weighted by Gasteiger charge is -2.24. The minimum Gasteiger partial charge on any atom is -0.390 e. The van der Waals surface area contributed by atoms with Gasteiger partial charge in [-0.25, -0.2) is 9.37 Å². The lowest BCUT2D eigenvalue weighted by molar-refractivity contribution is 0.0879. The molecule has 0 fully saturated rings. The van der Waals surface area contributed by atoms with E-state index < -0.39 is 6.10 Å². The molecule has 3 rings (SSSR count). The third-order valence-corrected chi connectivity index (χ3v) is 3.58. The summed E-state index contributed by atoms with van der Waals surface area (Å²) >= 11 is 0. The monoisotopic (exact) mass is 246 g/mol. The maximum Gasteiger partial charge on any atom is 0.123 e. The van der Waals surface area contributed by atoms with Gasteiger partial charge in [-0.3, -0.25) is 0 Å². The first kappa shape index (κ1) is 11.4. The molecule has 0 spiro atoms. The van der Waals surface area contributed by atoms with E-state index in [2.05, 4.69) is 4.98 Å². The third-order valence-electron chi connectivity index (χ3n) is 3.58. The van der Waals surface area contributed by atoms with Crippen LogP contribution in [0.25, 0.3) is 11.3 Å². The van der Waals surface area contributed by atoms with E-state index in [9.17, 15) is 9.50 Å². The van der Waals surface area contributed by atoms with Gasteiger partial charge in [-0.05, 0) is 23.6 Å². The topological polar surface area (TPSA) is 38.1 Å². The van der Waals surface area contributed by atoms with Crippen LogP contribution < -0.4 is 0 Å². The minimum absolute atomic E-state index is 0.126. The van der Waals surface area contributed by atoms with E-state index in [0.29, 0.717) is 0 Å². The van der Waals surface area contributed by atoms with Crippen molar-refractivity contribution >= 4 is 0 Å².